The van der Waals surface area contributed by atoms with E-state index in [0.29, 0.717) is 12.1 Å². The van der Waals surface area contributed by atoms with Crippen LogP contribution in [-0.4, -0.2) is 26.2 Å². The van der Waals surface area contributed by atoms with Crippen LogP contribution < -0.4 is 20.5 Å². The van der Waals surface area contributed by atoms with Crippen molar-refractivity contribution in [2.45, 2.75) is 25.9 Å². The van der Waals surface area contributed by atoms with Gasteiger partial charge in [0, 0.05) is 18.2 Å². The van der Waals surface area contributed by atoms with E-state index >= 15 is 0 Å². The van der Waals surface area contributed by atoms with Gasteiger partial charge in [0.15, 0.2) is 11.5 Å². The first-order valence-electron chi connectivity index (χ1n) is 7.86. The molecule has 0 fully saturated rings. The van der Waals surface area contributed by atoms with Crippen LogP contribution >= 0.6 is 0 Å². The summed E-state index contributed by atoms with van der Waals surface area (Å²) in [6, 6.07) is 13.6. The van der Waals surface area contributed by atoms with Gasteiger partial charge in [-0.3, -0.25) is 4.79 Å². The fraction of sp³-hybridized carbons (Fsp3) is 0.316. The van der Waals surface area contributed by atoms with E-state index in [1.165, 1.54) is 5.56 Å². The van der Waals surface area contributed by atoms with Crippen molar-refractivity contribution in [2.24, 2.45) is 5.73 Å². The number of rotatable bonds is 8. The number of ether oxygens (including phenoxy) is 2. The Balaban J connectivity index is 1.95. The van der Waals surface area contributed by atoms with E-state index in [4.69, 9.17) is 15.2 Å². The van der Waals surface area contributed by atoms with Gasteiger partial charge in [-0.25, -0.2) is 0 Å². The van der Waals surface area contributed by atoms with Gasteiger partial charge in [0.05, 0.1) is 14.2 Å². The first-order chi connectivity index (χ1) is 11.5. The molecule has 1 amide bonds. The lowest BCUT2D eigenvalue weighted by Crippen LogP contribution is -2.27. The average Bonchev–Trinajstić information content (AvgIpc) is 2.60. The molecule has 0 spiro atoms. The summed E-state index contributed by atoms with van der Waals surface area (Å²) < 4.78 is 10.6. The fourth-order valence-corrected chi connectivity index (χ4v) is 2.56. The highest BCUT2D eigenvalue weighted by Crippen LogP contribution is 2.27. The molecule has 0 bridgehead atoms. The molecule has 0 aliphatic rings. The summed E-state index contributed by atoms with van der Waals surface area (Å²) in [5.41, 5.74) is 8.04. The molecule has 128 valence electrons. The molecule has 0 saturated carbocycles. The molecule has 5 heteroatoms. The van der Waals surface area contributed by atoms with E-state index in [2.05, 4.69) is 12.2 Å². The van der Waals surface area contributed by atoms with Crippen LogP contribution in [0.15, 0.2) is 42.5 Å². The highest BCUT2D eigenvalue weighted by atomic mass is 16.5. The highest BCUT2D eigenvalue weighted by Gasteiger charge is 2.08. The first kappa shape index (κ1) is 17.8. The molecule has 2 aromatic rings. The lowest BCUT2D eigenvalue weighted by atomic mass is 10.1. The largest absolute Gasteiger partial charge is 0.493 e. The van der Waals surface area contributed by atoms with E-state index < -0.39 is 5.91 Å². The molecule has 0 heterocycles. The van der Waals surface area contributed by atoms with Gasteiger partial charge in [-0.1, -0.05) is 18.2 Å². The SMILES string of the molecule is COc1ccc(CC(C)NCc2cccc(C(N)=O)c2)cc1OC. The smallest absolute Gasteiger partial charge is 0.248 e. The molecule has 1 atom stereocenters. The Morgan fingerprint density at radius 2 is 1.83 bits per heavy atom. The normalized spacial score (nSPS) is 11.8. The van der Waals surface area contributed by atoms with Crippen LogP contribution in [0.2, 0.25) is 0 Å². The molecule has 0 radical (unpaired) electrons. The summed E-state index contributed by atoms with van der Waals surface area (Å²) in [5, 5.41) is 3.46. The Morgan fingerprint density at radius 1 is 1.08 bits per heavy atom. The molecule has 2 rings (SSSR count). The van der Waals surface area contributed by atoms with E-state index in [9.17, 15) is 4.79 Å². The Hall–Kier alpha value is -2.53. The number of methoxy groups -OCH3 is 2. The molecule has 1 unspecified atom stereocenters. The lowest BCUT2D eigenvalue weighted by Gasteiger charge is -2.16. The second-order valence-electron chi connectivity index (χ2n) is 5.74. The Labute approximate surface area is 142 Å². The van der Waals surface area contributed by atoms with Gasteiger partial charge in [-0.2, -0.15) is 0 Å². The van der Waals surface area contributed by atoms with Gasteiger partial charge >= 0.3 is 0 Å². The van der Waals surface area contributed by atoms with E-state index in [-0.39, 0.29) is 6.04 Å². The van der Waals surface area contributed by atoms with Crippen LogP contribution in [0.3, 0.4) is 0 Å². The molecule has 24 heavy (non-hydrogen) atoms. The molecule has 3 N–H and O–H groups in total. The Bertz CT molecular complexity index is 701. The molecule has 5 nitrogen and oxygen atoms in total. The summed E-state index contributed by atoms with van der Waals surface area (Å²) in [5.74, 6) is 1.05. The highest BCUT2D eigenvalue weighted by molar-refractivity contribution is 5.92. The maximum absolute atomic E-state index is 11.2. The predicted molar refractivity (Wildman–Crippen MR) is 94.5 cm³/mol. The van der Waals surface area contributed by atoms with Crippen LogP contribution in [-0.2, 0) is 13.0 Å². The second-order valence-corrected chi connectivity index (χ2v) is 5.74. The minimum absolute atomic E-state index is 0.264. The lowest BCUT2D eigenvalue weighted by molar-refractivity contribution is 0.1000. The predicted octanol–water partition coefficient (Wildman–Crippen LogP) is 2.52. The number of carbonyl (C=O) groups is 1. The van der Waals surface area contributed by atoms with Crippen molar-refractivity contribution >= 4 is 5.91 Å². The third kappa shape index (κ3) is 4.73. The molecule has 0 aliphatic heterocycles. The van der Waals surface area contributed by atoms with Gasteiger partial charge in [-0.05, 0) is 48.7 Å². The summed E-state index contributed by atoms with van der Waals surface area (Å²) in [7, 11) is 3.26. The van der Waals surface area contributed by atoms with Crippen molar-refractivity contribution in [3.8, 4) is 11.5 Å². The molecule has 0 aliphatic carbocycles. The van der Waals surface area contributed by atoms with Gasteiger partial charge < -0.3 is 20.5 Å². The van der Waals surface area contributed by atoms with Crippen molar-refractivity contribution in [1.82, 2.24) is 5.32 Å². The fourth-order valence-electron chi connectivity index (χ4n) is 2.56. The molecular weight excluding hydrogens is 304 g/mol. The number of nitrogens with one attached hydrogen (secondary N) is 1. The minimum atomic E-state index is -0.407. The summed E-state index contributed by atoms with van der Waals surface area (Å²) in [6.07, 6.45) is 0.857. The number of hydrogen-bond acceptors (Lipinski definition) is 4. The van der Waals surface area contributed by atoms with Crippen molar-refractivity contribution in [1.29, 1.82) is 0 Å². The maximum atomic E-state index is 11.2. The van der Waals surface area contributed by atoms with Crippen molar-refractivity contribution in [3.05, 3.63) is 59.2 Å². The first-order valence-corrected chi connectivity index (χ1v) is 7.86. The molecular formula is C19H24N2O3. The molecule has 0 aromatic heterocycles. The second kappa shape index (κ2) is 8.36. The van der Waals surface area contributed by atoms with Crippen molar-refractivity contribution in [3.63, 3.8) is 0 Å². The number of benzene rings is 2. The minimum Gasteiger partial charge on any atom is -0.493 e. The summed E-state index contributed by atoms with van der Waals surface area (Å²) in [4.78, 5) is 11.2. The van der Waals surface area contributed by atoms with E-state index in [0.717, 1.165) is 23.5 Å². The van der Waals surface area contributed by atoms with E-state index in [1.54, 1.807) is 20.3 Å². The van der Waals surface area contributed by atoms with E-state index in [1.807, 2.05) is 36.4 Å². The van der Waals surface area contributed by atoms with Crippen LogP contribution in [0.5, 0.6) is 11.5 Å². The molecule has 2 aromatic carbocycles. The topological polar surface area (TPSA) is 73.6 Å². The van der Waals surface area contributed by atoms with Gasteiger partial charge in [0.1, 0.15) is 0 Å². The van der Waals surface area contributed by atoms with Crippen LogP contribution in [0, 0.1) is 0 Å². The monoisotopic (exact) mass is 328 g/mol. The number of primary amides is 1. The van der Waals surface area contributed by atoms with Gasteiger partial charge in [0.25, 0.3) is 0 Å². The third-order valence-corrected chi connectivity index (χ3v) is 3.86. The van der Waals surface area contributed by atoms with Crippen LogP contribution in [0.25, 0.3) is 0 Å². The Kier molecular flexibility index (Phi) is 6.21. The maximum Gasteiger partial charge on any atom is 0.248 e. The number of hydrogen-bond donors (Lipinski definition) is 2. The zero-order valence-electron chi connectivity index (χ0n) is 14.3. The standard InChI is InChI=1S/C19H24N2O3/c1-13(9-14-7-8-17(23-2)18(11-14)24-3)21-12-15-5-4-6-16(10-15)19(20)22/h4-8,10-11,13,21H,9,12H2,1-3H3,(H2,20,22). The number of nitrogens with two attached hydrogens (primary N) is 1. The zero-order chi connectivity index (χ0) is 17.5. The zero-order valence-corrected chi connectivity index (χ0v) is 14.3. The van der Waals surface area contributed by atoms with Crippen molar-refractivity contribution in [2.75, 3.05) is 14.2 Å². The Morgan fingerprint density at radius 3 is 2.50 bits per heavy atom. The summed E-state index contributed by atoms with van der Waals surface area (Å²) in [6.45, 7) is 2.80. The third-order valence-electron chi connectivity index (χ3n) is 3.86. The number of carbonyl (C=O) groups excluding carboxylic acids is 1. The van der Waals surface area contributed by atoms with Crippen LogP contribution in [0.1, 0.15) is 28.4 Å². The molecule has 0 saturated heterocycles. The average molecular weight is 328 g/mol. The quantitative estimate of drug-likeness (QED) is 0.781. The van der Waals surface area contributed by atoms with Gasteiger partial charge in [0.2, 0.25) is 5.91 Å². The number of amides is 1. The van der Waals surface area contributed by atoms with Gasteiger partial charge in [-0.15, -0.1) is 0 Å². The van der Waals surface area contributed by atoms with Crippen LogP contribution in [0.4, 0.5) is 0 Å². The summed E-state index contributed by atoms with van der Waals surface area (Å²) >= 11 is 0. The van der Waals surface area contributed by atoms with Crippen molar-refractivity contribution < 1.29 is 14.3 Å².